The zero-order valence-corrected chi connectivity index (χ0v) is 12.0. The maximum absolute atomic E-state index is 12.4. The highest BCUT2D eigenvalue weighted by Gasteiger charge is 2.29. The third kappa shape index (κ3) is 2.91. The fourth-order valence-electron chi connectivity index (χ4n) is 1.93. The van der Waals surface area contributed by atoms with Crippen LogP contribution in [0.5, 0.6) is 0 Å². The summed E-state index contributed by atoms with van der Waals surface area (Å²) in [4.78, 5) is 12.4. The first kappa shape index (κ1) is 14.7. The van der Waals surface area contributed by atoms with Gasteiger partial charge in [-0.05, 0) is 37.8 Å². The summed E-state index contributed by atoms with van der Waals surface area (Å²) >= 11 is 0. The highest BCUT2D eigenvalue weighted by molar-refractivity contribution is 5.97. The molecule has 3 N–H and O–H groups in total. The van der Waals surface area contributed by atoms with Crippen LogP contribution in [0.1, 0.15) is 42.3 Å². The Kier molecular flexibility index (Phi) is 4.52. The number of benzene rings is 1. The molecule has 0 aliphatic rings. The number of hydrogen-bond acceptors (Lipinski definition) is 2. The molecule has 100 valence electrons. The molecular weight excluding hydrogens is 224 g/mol. The first-order valence-electron chi connectivity index (χ1n) is 6.40. The van der Waals surface area contributed by atoms with E-state index in [1.807, 2.05) is 39.0 Å². The molecule has 1 aromatic carbocycles. The van der Waals surface area contributed by atoms with Crippen LogP contribution in [0.25, 0.3) is 0 Å². The molecule has 0 bridgehead atoms. The van der Waals surface area contributed by atoms with E-state index in [1.165, 1.54) is 0 Å². The van der Waals surface area contributed by atoms with Crippen LogP contribution in [0.3, 0.4) is 0 Å². The number of amides is 1. The van der Waals surface area contributed by atoms with Crippen LogP contribution >= 0.6 is 0 Å². The molecule has 0 heterocycles. The maximum Gasteiger partial charge on any atom is 0.252 e. The third-order valence-corrected chi connectivity index (χ3v) is 3.81. The summed E-state index contributed by atoms with van der Waals surface area (Å²) in [6.07, 6.45) is 0. The summed E-state index contributed by atoms with van der Waals surface area (Å²) in [5.41, 5.74) is 8.18. The minimum absolute atomic E-state index is 0.0350. The number of hydrogen-bond donors (Lipinski definition) is 2. The van der Waals surface area contributed by atoms with Crippen molar-refractivity contribution in [2.75, 3.05) is 6.54 Å². The topological polar surface area (TPSA) is 55.1 Å². The molecule has 0 spiro atoms. The summed E-state index contributed by atoms with van der Waals surface area (Å²) in [6, 6.07) is 5.88. The van der Waals surface area contributed by atoms with Crippen LogP contribution in [0.2, 0.25) is 0 Å². The quantitative estimate of drug-likeness (QED) is 0.859. The van der Waals surface area contributed by atoms with E-state index in [-0.39, 0.29) is 17.4 Å². The number of carbonyl (C=O) groups excluding carboxylic acids is 1. The van der Waals surface area contributed by atoms with Crippen molar-refractivity contribution in [3.63, 3.8) is 0 Å². The zero-order valence-electron chi connectivity index (χ0n) is 12.0. The maximum atomic E-state index is 12.4. The molecule has 0 aromatic heterocycles. The van der Waals surface area contributed by atoms with E-state index in [9.17, 15) is 4.79 Å². The fraction of sp³-hybridized carbons (Fsp3) is 0.533. The number of carbonyl (C=O) groups is 1. The lowest BCUT2D eigenvalue weighted by Crippen LogP contribution is -2.55. The molecule has 3 nitrogen and oxygen atoms in total. The van der Waals surface area contributed by atoms with Crippen LogP contribution in [0.15, 0.2) is 18.2 Å². The van der Waals surface area contributed by atoms with E-state index in [4.69, 9.17) is 5.73 Å². The molecule has 0 saturated carbocycles. The van der Waals surface area contributed by atoms with Gasteiger partial charge in [0.15, 0.2) is 0 Å². The van der Waals surface area contributed by atoms with Crippen molar-refractivity contribution in [2.24, 2.45) is 11.7 Å². The SMILES string of the molecule is Cc1cccc(C)c1C(=O)NC(C)(CN)C(C)C. The summed E-state index contributed by atoms with van der Waals surface area (Å²) in [6.45, 7) is 10.5. The van der Waals surface area contributed by atoms with Gasteiger partial charge in [0.25, 0.3) is 5.91 Å². The number of rotatable bonds is 4. The van der Waals surface area contributed by atoms with Gasteiger partial charge in [0, 0.05) is 12.1 Å². The van der Waals surface area contributed by atoms with Crippen LogP contribution < -0.4 is 11.1 Å². The molecule has 18 heavy (non-hydrogen) atoms. The lowest BCUT2D eigenvalue weighted by molar-refractivity contribution is 0.0882. The summed E-state index contributed by atoms with van der Waals surface area (Å²) in [7, 11) is 0. The summed E-state index contributed by atoms with van der Waals surface area (Å²) in [5, 5.41) is 3.08. The van der Waals surface area contributed by atoms with Crippen molar-refractivity contribution in [3.05, 3.63) is 34.9 Å². The van der Waals surface area contributed by atoms with Crippen molar-refractivity contribution in [2.45, 2.75) is 40.2 Å². The molecule has 1 rings (SSSR count). The van der Waals surface area contributed by atoms with Crippen LogP contribution in [-0.4, -0.2) is 18.0 Å². The number of nitrogens with one attached hydrogen (secondary N) is 1. The highest BCUT2D eigenvalue weighted by Crippen LogP contribution is 2.18. The number of aryl methyl sites for hydroxylation is 2. The number of nitrogens with two attached hydrogens (primary N) is 1. The second-order valence-electron chi connectivity index (χ2n) is 5.50. The Balaban J connectivity index is 3.02. The smallest absolute Gasteiger partial charge is 0.252 e. The van der Waals surface area contributed by atoms with Gasteiger partial charge in [-0.25, -0.2) is 0 Å². The lowest BCUT2D eigenvalue weighted by Gasteiger charge is -2.34. The molecule has 0 fully saturated rings. The lowest BCUT2D eigenvalue weighted by atomic mass is 9.87. The molecule has 3 heteroatoms. The van der Waals surface area contributed by atoms with Crippen molar-refractivity contribution in [1.29, 1.82) is 0 Å². The minimum atomic E-state index is -0.369. The van der Waals surface area contributed by atoms with Gasteiger partial charge in [-0.15, -0.1) is 0 Å². The predicted molar refractivity (Wildman–Crippen MR) is 75.7 cm³/mol. The zero-order chi connectivity index (χ0) is 13.9. The Bertz CT molecular complexity index is 420. The van der Waals surface area contributed by atoms with E-state index in [2.05, 4.69) is 19.2 Å². The molecule has 0 aliphatic heterocycles. The monoisotopic (exact) mass is 248 g/mol. The van der Waals surface area contributed by atoms with Gasteiger partial charge in [-0.1, -0.05) is 32.0 Å². The first-order chi connectivity index (χ1) is 8.31. The van der Waals surface area contributed by atoms with Gasteiger partial charge in [-0.2, -0.15) is 0 Å². The van der Waals surface area contributed by atoms with E-state index in [1.54, 1.807) is 0 Å². The van der Waals surface area contributed by atoms with Crippen molar-refractivity contribution in [3.8, 4) is 0 Å². The Labute approximate surface area is 110 Å². The molecule has 1 aromatic rings. The third-order valence-electron chi connectivity index (χ3n) is 3.81. The molecule has 0 radical (unpaired) electrons. The van der Waals surface area contributed by atoms with Gasteiger partial charge < -0.3 is 11.1 Å². The molecule has 0 saturated heterocycles. The van der Waals surface area contributed by atoms with Crippen LogP contribution in [0.4, 0.5) is 0 Å². The Morgan fingerprint density at radius 3 is 2.22 bits per heavy atom. The van der Waals surface area contributed by atoms with Crippen LogP contribution in [0, 0.1) is 19.8 Å². The normalized spacial score (nSPS) is 14.4. The highest BCUT2D eigenvalue weighted by atomic mass is 16.1. The second kappa shape index (κ2) is 5.53. The Morgan fingerprint density at radius 1 is 1.33 bits per heavy atom. The molecule has 1 unspecified atom stereocenters. The minimum Gasteiger partial charge on any atom is -0.345 e. The van der Waals surface area contributed by atoms with Crippen molar-refractivity contribution < 1.29 is 4.79 Å². The van der Waals surface area contributed by atoms with Gasteiger partial charge >= 0.3 is 0 Å². The van der Waals surface area contributed by atoms with Crippen molar-refractivity contribution in [1.82, 2.24) is 5.32 Å². The van der Waals surface area contributed by atoms with E-state index >= 15 is 0 Å². The fourth-order valence-corrected chi connectivity index (χ4v) is 1.93. The summed E-state index contributed by atoms with van der Waals surface area (Å²) < 4.78 is 0. The Morgan fingerprint density at radius 2 is 1.83 bits per heavy atom. The molecular formula is C15H24N2O. The van der Waals surface area contributed by atoms with E-state index in [0.29, 0.717) is 6.54 Å². The van der Waals surface area contributed by atoms with E-state index in [0.717, 1.165) is 16.7 Å². The first-order valence-corrected chi connectivity index (χ1v) is 6.40. The molecule has 0 aliphatic carbocycles. The van der Waals surface area contributed by atoms with Gasteiger partial charge in [0.2, 0.25) is 0 Å². The average molecular weight is 248 g/mol. The summed E-state index contributed by atoms with van der Waals surface area (Å²) in [5.74, 6) is 0.253. The van der Waals surface area contributed by atoms with Crippen molar-refractivity contribution >= 4 is 5.91 Å². The van der Waals surface area contributed by atoms with Crippen LogP contribution in [-0.2, 0) is 0 Å². The largest absolute Gasteiger partial charge is 0.345 e. The van der Waals surface area contributed by atoms with Gasteiger partial charge in [0.1, 0.15) is 0 Å². The van der Waals surface area contributed by atoms with Gasteiger partial charge in [0.05, 0.1) is 5.54 Å². The molecule has 1 atom stereocenters. The average Bonchev–Trinajstić information content (AvgIpc) is 2.28. The standard InChI is InChI=1S/C15H24N2O/c1-10(2)15(5,9-16)17-14(18)13-11(3)7-6-8-12(13)4/h6-8,10H,9,16H2,1-5H3,(H,17,18). The second-order valence-corrected chi connectivity index (χ2v) is 5.50. The Hall–Kier alpha value is -1.35. The van der Waals surface area contributed by atoms with E-state index < -0.39 is 0 Å². The predicted octanol–water partition coefficient (Wildman–Crippen LogP) is 2.41. The van der Waals surface area contributed by atoms with Gasteiger partial charge in [-0.3, -0.25) is 4.79 Å². The molecule has 1 amide bonds.